The normalized spacial score (nSPS) is 10.9. The summed E-state index contributed by atoms with van der Waals surface area (Å²) in [6, 6.07) is 16.5. The number of hydrogen-bond acceptors (Lipinski definition) is 5. The molecule has 0 atom stereocenters. The lowest BCUT2D eigenvalue weighted by atomic mass is 10.1. The first-order chi connectivity index (χ1) is 14.6. The van der Waals surface area contributed by atoms with Crippen LogP contribution in [0.2, 0.25) is 0 Å². The minimum atomic E-state index is 0.737. The molecule has 0 unspecified atom stereocenters. The molecule has 6 heteroatoms. The van der Waals surface area contributed by atoms with Crippen LogP contribution < -0.4 is 14.8 Å². The van der Waals surface area contributed by atoms with E-state index in [-0.39, 0.29) is 0 Å². The van der Waals surface area contributed by atoms with Crippen molar-refractivity contribution in [1.29, 1.82) is 0 Å². The Morgan fingerprint density at radius 1 is 0.933 bits per heavy atom. The standard InChI is InChI=1S/C24H26N4O2/c1-16-5-8-19(9-6-16)20-15-26-28-23(13-17(2)27-24(20)28)25-12-11-18-7-10-21(29-3)22(14-18)30-4/h5-10,13-15,25H,11-12H2,1-4H3. The Morgan fingerprint density at radius 2 is 1.70 bits per heavy atom. The fraction of sp³-hybridized carbons (Fsp3) is 0.250. The maximum atomic E-state index is 5.40. The van der Waals surface area contributed by atoms with Crippen LogP contribution in [0.4, 0.5) is 5.82 Å². The Kier molecular flexibility index (Phi) is 5.57. The van der Waals surface area contributed by atoms with Gasteiger partial charge in [0.1, 0.15) is 5.82 Å². The minimum Gasteiger partial charge on any atom is -0.493 e. The quantitative estimate of drug-likeness (QED) is 0.486. The highest BCUT2D eigenvalue weighted by Crippen LogP contribution is 2.28. The van der Waals surface area contributed by atoms with Crippen LogP contribution in [-0.2, 0) is 6.42 Å². The first-order valence-electron chi connectivity index (χ1n) is 9.96. The molecule has 0 bridgehead atoms. The van der Waals surface area contributed by atoms with Gasteiger partial charge in [0.05, 0.1) is 20.4 Å². The van der Waals surface area contributed by atoms with Gasteiger partial charge < -0.3 is 14.8 Å². The molecular weight excluding hydrogens is 376 g/mol. The summed E-state index contributed by atoms with van der Waals surface area (Å²) in [6.45, 7) is 4.85. The summed E-state index contributed by atoms with van der Waals surface area (Å²) >= 11 is 0. The Bertz CT molecular complexity index is 1170. The zero-order chi connectivity index (χ0) is 21.1. The number of ether oxygens (including phenoxy) is 2. The molecule has 2 aromatic heterocycles. The van der Waals surface area contributed by atoms with Crippen molar-refractivity contribution in [1.82, 2.24) is 14.6 Å². The molecule has 1 N–H and O–H groups in total. The Labute approximate surface area is 176 Å². The lowest BCUT2D eigenvalue weighted by Crippen LogP contribution is -2.10. The van der Waals surface area contributed by atoms with Crippen LogP contribution in [0.15, 0.2) is 54.7 Å². The molecule has 4 aromatic rings. The third kappa shape index (κ3) is 3.94. The van der Waals surface area contributed by atoms with Gasteiger partial charge in [-0.05, 0) is 43.5 Å². The molecule has 2 aromatic carbocycles. The molecule has 0 saturated carbocycles. The van der Waals surface area contributed by atoms with Gasteiger partial charge in [-0.25, -0.2) is 4.98 Å². The van der Waals surface area contributed by atoms with E-state index in [1.54, 1.807) is 14.2 Å². The average molecular weight is 402 g/mol. The SMILES string of the molecule is COc1ccc(CCNc2cc(C)nc3c(-c4ccc(C)cc4)cnn23)cc1OC. The van der Waals surface area contributed by atoms with E-state index in [2.05, 4.69) is 47.7 Å². The molecule has 0 spiro atoms. The van der Waals surface area contributed by atoms with Gasteiger partial charge in [0.2, 0.25) is 0 Å². The maximum Gasteiger partial charge on any atom is 0.165 e. The highest BCUT2D eigenvalue weighted by atomic mass is 16.5. The van der Waals surface area contributed by atoms with Crippen LogP contribution in [0.1, 0.15) is 16.8 Å². The molecule has 0 amide bonds. The molecule has 154 valence electrons. The summed E-state index contributed by atoms with van der Waals surface area (Å²) in [5.41, 5.74) is 6.35. The van der Waals surface area contributed by atoms with Gasteiger partial charge in [0, 0.05) is 23.9 Å². The van der Waals surface area contributed by atoms with Crippen LogP contribution in [0.5, 0.6) is 11.5 Å². The highest BCUT2D eigenvalue weighted by molar-refractivity contribution is 5.78. The summed E-state index contributed by atoms with van der Waals surface area (Å²) in [5, 5.41) is 8.09. The number of rotatable bonds is 7. The summed E-state index contributed by atoms with van der Waals surface area (Å²) in [4.78, 5) is 4.73. The van der Waals surface area contributed by atoms with Crippen molar-refractivity contribution >= 4 is 11.5 Å². The predicted octanol–water partition coefficient (Wildman–Crippen LogP) is 4.68. The molecule has 4 rings (SSSR count). The number of aryl methyl sites for hydroxylation is 2. The van der Waals surface area contributed by atoms with Crippen molar-refractivity contribution in [2.45, 2.75) is 20.3 Å². The maximum absolute atomic E-state index is 5.40. The molecule has 0 aliphatic rings. The predicted molar refractivity (Wildman–Crippen MR) is 120 cm³/mol. The van der Waals surface area contributed by atoms with Crippen LogP contribution in [-0.4, -0.2) is 35.4 Å². The minimum absolute atomic E-state index is 0.737. The zero-order valence-corrected chi connectivity index (χ0v) is 17.8. The summed E-state index contributed by atoms with van der Waals surface area (Å²) in [5.74, 6) is 2.41. The largest absolute Gasteiger partial charge is 0.493 e. The van der Waals surface area contributed by atoms with Gasteiger partial charge in [-0.3, -0.25) is 0 Å². The van der Waals surface area contributed by atoms with E-state index >= 15 is 0 Å². The van der Waals surface area contributed by atoms with Crippen LogP contribution >= 0.6 is 0 Å². The number of benzene rings is 2. The van der Waals surface area contributed by atoms with E-state index in [0.717, 1.165) is 52.8 Å². The van der Waals surface area contributed by atoms with Gasteiger partial charge in [-0.15, -0.1) is 0 Å². The van der Waals surface area contributed by atoms with Crippen LogP contribution in [0, 0.1) is 13.8 Å². The Hall–Kier alpha value is -3.54. The fourth-order valence-corrected chi connectivity index (χ4v) is 3.52. The average Bonchev–Trinajstić information content (AvgIpc) is 3.18. The summed E-state index contributed by atoms with van der Waals surface area (Å²) in [7, 11) is 3.30. The first kappa shape index (κ1) is 19.8. The summed E-state index contributed by atoms with van der Waals surface area (Å²) < 4.78 is 12.6. The van der Waals surface area contributed by atoms with E-state index in [1.807, 2.05) is 35.8 Å². The van der Waals surface area contributed by atoms with Crippen molar-refractivity contribution in [2.24, 2.45) is 0 Å². The van der Waals surface area contributed by atoms with E-state index in [0.29, 0.717) is 0 Å². The van der Waals surface area contributed by atoms with Gasteiger partial charge in [-0.1, -0.05) is 35.9 Å². The lowest BCUT2D eigenvalue weighted by Gasteiger charge is -2.12. The molecule has 0 radical (unpaired) electrons. The van der Waals surface area contributed by atoms with Crippen LogP contribution in [0.3, 0.4) is 0 Å². The number of methoxy groups -OCH3 is 2. The lowest BCUT2D eigenvalue weighted by molar-refractivity contribution is 0.354. The number of hydrogen-bond donors (Lipinski definition) is 1. The van der Waals surface area contributed by atoms with E-state index in [4.69, 9.17) is 14.5 Å². The van der Waals surface area contributed by atoms with Crippen molar-refractivity contribution in [3.8, 4) is 22.6 Å². The van der Waals surface area contributed by atoms with Gasteiger partial charge >= 0.3 is 0 Å². The topological polar surface area (TPSA) is 60.7 Å². The van der Waals surface area contributed by atoms with Gasteiger partial charge in [0.15, 0.2) is 17.1 Å². The van der Waals surface area contributed by atoms with Crippen molar-refractivity contribution in [3.05, 3.63) is 71.5 Å². The molecule has 0 saturated heterocycles. The second-order valence-electron chi connectivity index (χ2n) is 7.31. The van der Waals surface area contributed by atoms with Gasteiger partial charge in [-0.2, -0.15) is 9.61 Å². The number of aromatic nitrogens is 3. The number of anilines is 1. The Balaban J connectivity index is 1.55. The first-order valence-corrected chi connectivity index (χ1v) is 9.96. The zero-order valence-electron chi connectivity index (χ0n) is 17.8. The second-order valence-corrected chi connectivity index (χ2v) is 7.31. The molecule has 0 aliphatic carbocycles. The number of nitrogens with zero attached hydrogens (tertiary/aromatic N) is 3. The molecule has 0 aliphatic heterocycles. The molecular formula is C24H26N4O2. The van der Waals surface area contributed by atoms with Crippen molar-refractivity contribution in [2.75, 3.05) is 26.1 Å². The Morgan fingerprint density at radius 3 is 2.43 bits per heavy atom. The molecule has 0 fully saturated rings. The second kappa shape index (κ2) is 8.45. The van der Waals surface area contributed by atoms with Crippen molar-refractivity contribution < 1.29 is 9.47 Å². The van der Waals surface area contributed by atoms with Crippen molar-refractivity contribution in [3.63, 3.8) is 0 Å². The van der Waals surface area contributed by atoms with Crippen LogP contribution in [0.25, 0.3) is 16.8 Å². The fourth-order valence-electron chi connectivity index (χ4n) is 3.52. The summed E-state index contributed by atoms with van der Waals surface area (Å²) in [6.07, 6.45) is 2.72. The number of nitrogens with one attached hydrogen (secondary N) is 1. The molecule has 2 heterocycles. The molecule has 30 heavy (non-hydrogen) atoms. The van der Waals surface area contributed by atoms with Gasteiger partial charge in [0.25, 0.3) is 0 Å². The van der Waals surface area contributed by atoms with E-state index < -0.39 is 0 Å². The third-order valence-electron chi connectivity index (χ3n) is 5.13. The third-order valence-corrected chi connectivity index (χ3v) is 5.13. The van der Waals surface area contributed by atoms with E-state index in [9.17, 15) is 0 Å². The monoisotopic (exact) mass is 402 g/mol. The van der Waals surface area contributed by atoms with E-state index in [1.165, 1.54) is 11.1 Å². The molecule has 6 nitrogen and oxygen atoms in total. The highest BCUT2D eigenvalue weighted by Gasteiger charge is 2.12. The smallest absolute Gasteiger partial charge is 0.165 e. The number of fused-ring (bicyclic) bond motifs is 1.